The van der Waals surface area contributed by atoms with E-state index in [2.05, 4.69) is 42.8 Å². The Kier molecular flexibility index (Phi) is 20.1. The van der Waals surface area contributed by atoms with Gasteiger partial charge in [0.2, 0.25) is 17.7 Å². The number of allylic oxidation sites excluding steroid dienone is 1. The highest BCUT2D eigenvalue weighted by Crippen LogP contribution is 2.07. The van der Waals surface area contributed by atoms with Gasteiger partial charge in [0.05, 0.1) is 0 Å². The van der Waals surface area contributed by atoms with Crippen molar-refractivity contribution in [3.05, 3.63) is 12.2 Å². The molecule has 0 aromatic rings. The third-order valence-electron chi connectivity index (χ3n) is 5.19. The second-order valence-electron chi connectivity index (χ2n) is 8.24. The first kappa shape index (κ1) is 29.1. The minimum absolute atomic E-state index is 0.0760. The van der Waals surface area contributed by atoms with Crippen molar-refractivity contribution in [1.82, 2.24) is 16.0 Å². The fourth-order valence-corrected chi connectivity index (χ4v) is 3.15. The maximum absolute atomic E-state index is 12.5. The van der Waals surface area contributed by atoms with Crippen molar-refractivity contribution in [2.45, 2.75) is 117 Å². The Morgan fingerprint density at radius 3 is 2.00 bits per heavy atom. The SMILES string of the molecule is CCCCCCCC/C=C/CC(=O)N[C@@H](CCC(=O)NCCCC)C(=O)NCCCC. The van der Waals surface area contributed by atoms with Gasteiger partial charge in [-0.1, -0.05) is 77.9 Å². The summed E-state index contributed by atoms with van der Waals surface area (Å²) in [5.41, 5.74) is 0. The molecule has 3 amide bonds. The quantitative estimate of drug-likeness (QED) is 0.189. The summed E-state index contributed by atoms with van der Waals surface area (Å²) in [4.78, 5) is 36.8. The van der Waals surface area contributed by atoms with Crippen LogP contribution in [0.15, 0.2) is 12.2 Å². The lowest BCUT2D eigenvalue weighted by atomic mass is 10.1. The molecule has 0 saturated carbocycles. The lowest BCUT2D eigenvalue weighted by Gasteiger charge is -2.18. The fraction of sp³-hybridized carbons (Fsp3) is 0.800. The van der Waals surface area contributed by atoms with E-state index in [0.717, 1.165) is 38.5 Å². The smallest absolute Gasteiger partial charge is 0.242 e. The van der Waals surface area contributed by atoms with E-state index in [4.69, 9.17) is 0 Å². The van der Waals surface area contributed by atoms with Crippen molar-refractivity contribution in [2.75, 3.05) is 13.1 Å². The van der Waals surface area contributed by atoms with E-state index in [0.29, 0.717) is 19.5 Å². The van der Waals surface area contributed by atoms with Crippen LogP contribution in [0.3, 0.4) is 0 Å². The molecule has 0 bridgehead atoms. The van der Waals surface area contributed by atoms with Gasteiger partial charge in [-0.2, -0.15) is 0 Å². The van der Waals surface area contributed by atoms with Gasteiger partial charge in [0.1, 0.15) is 6.04 Å². The van der Waals surface area contributed by atoms with Crippen LogP contribution in [-0.4, -0.2) is 36.9 Å². The lowest BCUT2D eigenvalue weighted by Crippen LogP contribution is -2.47. The molecule has 6 nitrogen and oxygen atoms in total. The fourth-order valence-electron chi connectivity index (χ4n) is 3.15. The van der Waals surface area contributed by atoms with Crippen molar-refractivity contribution in [1.29, 1.82) is 0 Å². The van der Waals surface area contributed by atoms with Crippen molar-refractivity contribution in [3.63, 3.8) is 0 Å². The summed E-state index contributed by atoms with van der Waals surface area (Å²) in [5, 5.41) is 8.53. The molecule has 1 atom stereocenters. The van der Waals surface area contributed by atoms with E-state index in [1.165, 1.54) is 32.1 Å². The second kappa shape index (κ2) is 21.4. The topological polar surface area (TPSA) is 87.3 Å². The van der Waals surface area contributed by atoms with Crippen molar-refractivity contribution in [3.8, 4) is 0 Å². The summed E-state index contributed by atoms with van der Waals surface area (Å²) in [6, 6.07) is -0.673. The molecule has 0 aliphatic carbocycles. The molecule has 3 N–H and O–H groups in total. The van der Waals surface area contributed by atoms with Crippen LogP contribution in [0.5, 0.6) is 0 Å². The maximum Gasteiger partial charge on any atom is 0.242 e. The van der Waals surface area contributed by atoms with Crippen LogP contribution in [0.4, 0.5) is 0 Å². The number of hydrogen-bond donors (Lipinski definition) is 3. The summed E-state index contributed by atoms with van der Waals surface area (Å²) in [6.07, 6.45) is 17.1. The molecule has 0 rings (SSSR count). The molecule has 6 heteroatoms. The largest absolute Gasteiger partial charge is 0.356 e. The molecule has 180 valence electrons. The molecule has 0 unspecified atom stereocenters. The van der Waals surface area contributed by atoms with E-state index in [1.54, 1.807) is 0 Å². The molecule has 0 saturated heterocycles. The first-order valence-corrected chi connectivity index (χ1v) is 12.5. The summed E-state index contributed by atoms with van der Waals surface area (Å²) >= 11 is 0. The van der Waals surface area contributed by atoms with Crippen LogP contribution in [0.25, 0.3) is 0 Å². The zero-order valence-corrected chi connectivity index (χ0v) is 20.3. The van der Waals surface area contributed by atoms with Gasteiger partial charge in [-0.15, -0.1) is 0 Å². The molecule has 0 fully saturated rings. The first-order chi connectivity index (χ1) is 15.0. The minimum Gasteiger partial charge on any atom is -0.356 e. The van der Waals surface area contributed by atoms with E-state index in [1.807, 2.05) is 6.08 Å². The average Bonchev–Trinajstić information content (AvgIpc) is 2.75. The van der Waals surface area contributed by atoms with Gasteiger partial charge in [-0.25, -0.2) is 0 Å². The van der Waals surface area contributed by atoms with Crippen LogP contribution >= 0.6 is 0 Å². The Labute approximate surface area is 190 Å². The molecule has 0 aromatic carbocycles. The number of carbonyl (C=O) groups is 3. The Balaban J connectivity index is 4.35. The summed E-state index contributed by atoms with van der Waals surface area (Å²) in [5.74, 6) is -0.465. The molecule has 0 heterocycles. The van der Waals surface area contributed by atoms with Gasteiger partial charge < -0.3 is 16.0 Å². The van der Waals surface area contributed by atoms with Crippen molar-refractivity contribution >= 4 is 17.7 Å². The molecule has 0 spiro atoms. The van der Waals surface area contributed by atoms with Crippen molar-refractivity contribution < 1.29 is 14.4 Å². The number of rotatable bonds is 20. The highest BCUT2D eigenvalue weighted by molar-refractivity contribution is 5.88. The Bertz CT molecular complexity index is 506. The van der Waals surface area contributed by atoms with E-state index in [9.17, 15) is 14.4 Å². The zero-order chi connectivity index (χ0) is 23.2. The van der Waals surface area contributed by atoms with E-state index >= 15 is 0 Å². The normalized spacial score (nSPS) is 12.0. The number of carbonyl (C=O) groups excluding carboxylic acids is 3. The summed E-state index contributed by atoms with van der Waals surface area (Å²) < 4.78 is 0. The van der Waals surface area contributed by atoms with Crippen LogP contribution < -0.4 is 16.0 Å². The van der Waals surface area contributed by atoms with Gasteiger partial charge >= 0.3 is 0 Å². The number of amides is 3. The predicted octanol–water partition coefficient (Wildman–Crippen LogP) is 4.78. The van der Waals surface area contributed by atoms with Gasteiger partial charge in [0.25, 0.3) is 0 Å². The number of nitrogens with one attached hydrogen (secondary N) is 3. The molecule has 0 aromatic heterocycles. The third kappa shape index (κ3) is 18.6. The standard InChI is InChI=1S/C25H47N3O3/c1-4-7-10-11-12-13-14-15-16-17-24(30)28-22(25(31)27-21-9-6-3)18-19-23(29)26-20-8-5-2/h15-16,22H,4-14,17-21H2,1-3H3,(H,26,29)(H,27,31)(H,28,30)/b16-15+/t22-/m0/s1. The third-order valence-corrected chi connectivity index (χ3v) is 5.19. The molecule has 0 aliphatic heterocycles. The van der Waals surface area contributed by atoms with Gasteiger partial charge in [0.15, 0.2) is 0 Å². The first-order valence-electron chi connectivity index (χ1n) is 12.5. The van der Waals surface area contributed by atoms with Gasteiger partial charge in [-0.3, -0.25) is 14.4 Å². The van der Waals surface area contributed by atoms with Gasteiger partial charge in [0, 0.05) is 25.9 Å². The molecule has 0 aliphatic rings. The summed E-state index contributed by atoms with van der Waals surface area (Å²) in [6.45, 7) is 7.58. The van der Waals surface area contributed by atoms with Crippen LogP contribution in [0, 0.1) is 0 Å². The van der Waals surface area contributed by atoms with E-state index in [-0.39, 0.29) is 30.6 Å². The number of hydrogen-bond acceptors (Lipinski definition) is 3. The Morgan fingerprint density at radius 1 is 0.710 bits per heavy atom. The van der Waals surface area contributed by atoms with Crippen LogP contribution in [-0.2, 0) is 14.4 Å². The molecular formula is C25H47N3O3. The van der Waals surface area contributed by atoms with Crippen LogP contribution in [0.1, 0.15) is 111 Å². The average molecular weight is 438 g/mol. The minimum atomic E-state index is -0.673. The van der Waals surface area contributed by atoms with Crippen molar-refractivity contribution in [2.24, 2.45) is 0 Å². The van der Waals surface area contributed by atoms with Crippen LogP contribution in [0.2, 0.25) is 0 Å². The number of unbranched alkanes of at least 4 members (excludes halogenated alkanes) is 8. The second-order valence-corrected chi connectivity index (χ2v) is 8.24. The highest BCUT2D eigenvalue weighted by Gasteiger charge is 2.21. The summed E-state index contributed by atoms with van der Waals surface area (Å²) in [7, 11) is 0. The van der Waals surface area contributed by atoms with E-state index < -0.39 is 6.04 Å². The maximum atomic E-state index is 12.5. The zero-order valence-electron chi connectivity index (χ0n) is 20.3. The Morgan fingerprint density at radius 2 is 1.32 bits per heavy atom. The monoisotopic (exact) mass is 437 g/mol. The van der Waals surface area contributed by atoms with Gasteiger partial charge in [-0.05, 0) is 32.1 Å². The molecule has 0 radical (unpaired) electrons. The highest BCUT2D eigenvalue weighted by atomic mass is 16.2. The molecule has 31 heavy (non-hydrogen) atoms. The lowest BCUT2D eigenvalue weighted by molar-refractivity contribution is -0.129. The predicted molar refractivity (Wildman–Crippen MR) is 129 cm³/mol. The molecular weight excluding hydrogens is 390 g/mol. The Hall–Kier alpha value is -1.85.